The molecule has 0 unspecified atom stereocenters. The third-order valence-corrected chi connectivity index (χ3v) is 2.42. The highest BCUT2D eigenvalue weighted by Gasteiger charge is 2.10. The third kappa shape index (κ3) is 4.17. The topological polar surface area (TPSA) is 83.2 Å². The fourth-order valence-corrected chi connectivity index (χ4v) is 1.65. The van der Waals surface area contributed by atoms with Crippen LogP contribution in [-0.4, -0.2) is 21.1 Å². The smallest absolute Gasteiger partial charge is 0.330 e. The minimum Gasteiger partial charge on any atom is -0.461 e. The molecule has 0 aliphatic rings. The van der Waals surface area contributed by atoms with Gasteiger partial charge in [-0.05, 0) is 26.8 Å². The Balaban J connectivity index is 2.29. The summed E-state index contributed by atoms with van der Waals surface area (Å²) in [5, 5.41) is 0. The first-order chi connectivity index (χ1) is 10.1. The Morgan fingerprint density at radius 1 is 1.10 bits per heavy atom. The standard InChI is InChI=1S/C15H18N4O2/c1-4-7-11-8-5-6-9-12(11)21-15-18-13(16)17-14(19-15)20-10(2)3/h4-10H,1-3H3,(H2,16,17,18,19)/b7-4+. The number of rotatable bonds is 5. The largest absolute Gasteiger partial charge is 0.461 e. The summed E-state index contributed by atoms with van der Waals surface area (Å²) in [5.41, 5.74) is 6.57. The predicted molar refractivity (Wildman–Crippen MR) is 81.2 cm³/mol. The van der Waals surface area contributed by atoms with Crippen molar-refractivity contribution >= 4 is 12.0 Å². The van der Waals surface area contributed by atoms with Crippen LogP contribution in [0.1, 0.15) is 26.3 Å². The lowest BCUT2D eigenvalue weighted by Crippen LogP contribution is -2.11. The second-order valence-corrected chi connectivity index (χ2v) is 4.57. The molecule has 0 saturated carbocycles. The zero-order valence-corrected chi connectivity index (χ0v) is 12.3. The molecule has 1 aromatic carbocycles. The molecule has 1 aromatic heterocycles. The molecule has 21 heavy (non-hydrogen) atoms. The second-order valence-electron chi connectivity index (χ2n) is 4.57. The molecule has 0 spiro atoms. The summed E-state index contributed by atoms with van der Waals surface area (Å²) in [6.45, 7) is 5.69. The SMILES string of the molecule is C/C=C/c1ccccc1Oc1nc(N)nc(OC(C)C)n1. The molecule has 0 fully saturated rings. The highest BCUT2D eigenvalue weighted by molar-refractivity contribution is 5.57. The molecule has 110 valence electrons. The molecule has 0 aliphatic heterocycles. The minimum absolute atomic E-state index is 0.0548. The van der Waals surface area contributed by atoms with Gasteiger partial charge >= 0.3 is 12.0 Å². The van der Waals surface area contributed by atoms with E-state index in [1.54, 1.807) is 0 Å². The van der Waals surface area contributed by atoms with Crippen LogP contribution in [0.15, 0.2) is 30.3 Å². The maximum absolute atomic E-state index is 5.69. The number of ether oxygens (including phenoxy) is 2. The molecule has 6 nitrogen and oxygen atoms in total. The van der Waals surface area contributed by atoms with Crippen LogP contribution in [-0.2, 0) is 0 Å². The van der Waals surface area contributed by atoms with Crippen molar-refractivity contribution in [1.82, 2.24) is 15.0 Å². The summed E-state index contributed by atoms with van der Waals surface area (Å²) in [6, 6.07) is 7.82. The van der Waals surface area contributed by atoms with Gasteiger partial charge in [-0.25, -0.2) is 0 Å². The molecule has 6 heteroatoms. The van der Waals surface area contributed by atoms with Crippen LogP contribution in [0, 0.1) is 0 Å². The summed E-state index contributed by atoms with van der Waals surface area (Å²) in [5.74, 6) is 0.691. The lowest BCUT2D eigenvalue weighted by atomic mass is 10.2. The molecule has 0 atom stereocenters. The van der Waals surface area contributed by atoms with Crippen molar-refractivity contribution in [2.45, 2.75) is 26.9 Å². The van der Waals surface area contributed by atoms with Gasteiger partial charge in [0.1, 0.15) is 5.75 Å². The maximum Gasteiger partial charge on any atom is 0.330 e. The fraction of sp³-hybridized carbons (Fsp3) is 0.267. The van der Waals surface area contributed by atoms with E-state index < -0.39 is 0 Å². The Bertz CT molecular complexity index is 641. The summed E-state index contributed by atoms with van der Waals surface area (Å²) in [7, 11) is 0. The van der Waals surface area contributed by atoms with E-state index in [1.807, 2.05) is 57.2 Å². The summed E-state index contributed by atoms with van der Waals surface area (Å²) in [6.07, 6.45) is 3.80. The van der Waals surface area contributed by atoms with E-state index in [-0.39, 0.29) is 24.1 Å². The summed E-state index contributed by atoms with van der Waals surface area (Å²) < 4.78 is 11.1. The lowest BCUT2D eigenvalue weighted by Gasteiger charge is -2.10. The number of hydrogen-bond acceptors (Lipinski definition) is 6. The molecule has 0 aliphatic carbocycles. The van der Waals surface area contributed by atoms with E-state index in [9.17, 15) is 0 Å². The van der Waals surface area contributed by atoms with Crippen LogP contribution in [0.2, 0.25) is 0 Å². The van der Waals surface area contributed by atoms with Gasteiger partial charge in [-0.2, -0.15) is 9.97 Å². The van der Waals surface area contributed by atoms with Gasteiger partial charge in [0.05, 0.1) is 6.10 Å². The van der Waals surface area contributed by atoms with Gasteiger partial charge in [-0.15, -0.1) is 4.98 Å². The third-order valence-electron chi connectivity index (χ3n) is 2.42. The monoisotopic (exact) mass is 286 g/mol. The number of nitrogens with zero attached hydrogens (tertiary/aromatic N) is 3. The number of allylic oxidation sites excluding steroid dienone is 1. The van der Waals surface area contributed by atoms with Crippen molar-refractivity contribution in [2.24, 2.45) is 0 Å². The summed E-state index contributed by atoms with van der Waals surface area (Å²) >= 11 is 0. The fourth-order valence-electron chi connectivity index (χ4n) is 1.65. The zero-order chi connectivity index (χ0) is 15.2. The van der Waals surface area contributed by atoms with Crippen molar-refractivity contribution in [3.63, 3.8) is 0 Å². The highest BCUT2D eigenvalue weighted by atomic mass is 16.5. The number of benzene rings is 1. The van der Waals surface area contributed by atoms with Crippen molar-refractivity contribution in [3.8, 4) is 17.8 Å². The minimum atomic E-state index is -0.0602. The normalized spacial score (nSPS) is 11.0. The number of anilines is 1. The predicted octanol–water partition coefficient (Wildman–Crippen LogP) is 3.07. The number of nitrogen functional groups attached to an aromatic ring is 1. The zero-order valence-electron chi connectivity index (χ0n) is 12.3. The Hall–Kier alpha value is -2.63. The molecule has 2 rings (SSSR count). The van der Waals surface area contributed by atoms with Crippen LogP contribution in [0.3, 0.4) is 0 Å². The van der Waals surface area contributed by atoms with Crippen LogP contribution < -0.4 is 15.2 Å². The Morgan fingerprint density at radius 2 is 1.81 bits per heavy atom. The molecule has 2 aromatic rings. The van der Waals surface area contributed by atoms with Crippen LogP contribution in [0.5, 0.6) is 17.8 Å². The summed E-state index contributed by atoms with van der Waals surface area (Å²) in [4.78, 5) is 12.0. The first kappa shape index (κ1) is 14.8. The molecular weight excluding hydrogens is 268 g/mol. The number of para-hydroxylation sites is 1. The lowest BCUT2D eigenvalue weighted by molar-refractivity contribution is 0.219. The van der Waals surface area contributed by atoms with Gasteiger partial charge in [-0.3, -0.25) is 0 Å². The highest BCUT2D eigenvalue weighted by Crippen LogP contribution is 2.25. The van der Waals surface area contributed by atoms with E-state index >= 15 is 0 Å². The molecule has 0 bridgehead atoms. The first-order valence-corrected chi connectivity index (χ1v) is 6.66. The number of nitrogens with two attached hydrogens (primary N) is 1. The Kier molecular flexibility index (Phi) is 4.71. The first-order valence-electron chi connectivity index (χ1n) is 6.66. The van der Waals surface area contributed by atoms with Gasteiger partial charge in [0, 0.05) is 5.56 Å². The van der Waals surface area contributed by atoms with Crippen LogP contribution in [0.25, 0.3) is 6.08 Å². The van der Waals surface area contributed by atoms with E-state index in [0.29, 0.717) is 5.75 Å². The van der Waals surface area contributed by atoms with Crippen LogP contribution >= 0.6 is 0 Å². The molecule has 0 radical (unpaired) electrons. The van der Waals surface area contributed by atoms with Gasteiger partial charge in [0.25, 0.3) is 0 Å². The molecule has 0 saturated heterocycles. The van der Waals surface area contributed by atoms with Gasteiger partial charge < -0.3 is 15.2 Å². The average Bonchev–Trinajstić information content (AvgIpc) is 2.40. The van der Waals surface area contributed by atoms with E-state index in [1.165, 1.54) is 0 Å². The van der Waals surface area contributed by atoms with E-state index in [0.717, 1.165) is 5.56 Å². The molecule has 2 N–H and O–H groups in total. The van der Waals surface area contributed by atoms with E-state index in [2.05, 4.69) is 15.0 Å². The van der Waals surface area contributed by atoms with Gasteiger partial charge in [0.15, 0.2) is 0 Å². The molecule has 0 amide bonds. The Labute approximate surface area is 123 Å². The second kappa shape index (κ2) is 6.69. The van der Waals surface area contributed by atoms with Gasteiger partial charge in [-0.1, -0.05) is 30.4 Å². The Morgan fingerprint density at radius 3 is 2.52 bits per heavy atom. The van der Waals surface area contributed by atoms with Crippen molar-refractivity contribution in [2.75, 3.05) is 5.73 Å². The van der Waals surface area contributed by atoms with Crippen molar-refractivity contribution in [3.05, 3.63) is 35.9 Å². The number of hydrogen-bond donors (Lipinski definition) is 1. The van der Waals surface area contributed by atoms with Crippen molar-refractivity contribution in [1.29, 1.82) is 0 Å². The number of aromatic nitrogens is 3. The average molecular weight is 286 g/mol. The van der Waals surface area contributed by atoms with Gasteiger partial charge in [0.2, 0.25) is 5.95 Å². The molecular formula is C15H18N4O2. The van der Waals surface area contributed by atoms with E-state index in [4.69, 9.17) is 15.2 Å². The van der Waals surface area contributed by atoms with Crippen LogP contribution in [0.4, 0.5) is 5.95 Å². The molecule has 1 heterocycles. The quantitative estimate of drug-likeness (QED) is 0.909. The van der Waals surface area contributed by atoms with Crippen molar-refractivity contribution < 1.29 is 9.47 Å². The maximum atomic E-state index is 5.69.